The maximum atomic E-state index is 5.96. The molecule has 1 aromatic carbocycles. The Morgan fingerprint density at radius 1 is 1.03 bits per heavy atom. The molecule has 0 amide bonds. The van der Waals surface area contributed by atoms with E-state index in [9.17, 15) is 0 Å². The summed E-state index contributed by atoms with van der Waals surface area (Å²) in [4.78, 5) is 11.9. The van der Waals surface area contributed by atoms with Gasteiger partial charge < -0.3 is 9.15 Å². The Kier molecular flexibility index (Phi) is 5.35. The van der Waals surface area contributed by atoms with Crippen LogP contribution in [0.4, 0.5) is 0 Å². The van der Waals surface area contributed by atoms with E-state index in [2.05, 4.69) is 23.7 Å². The van der Waals surface area contributed by atoms with Crippen LogP contribution in [-0.2, 0) is 11.4 Å². The number of hydrogen-bond acceptors (Lipinski definition) is 7. The van der Waals surface area contributed by atoms with Crippen molar-refractivity contribution < 1.29 is 9.15 Å². The molecule has 0 radical (unpaired) electrons. The van der Waals surface area contributed by atoms with Gasteiger partial charge in [-0.25, -0.2) is 9.67 Å². The fourth-order valence-corrected chi connectivity index (χ4v) is 4.27. The fourth-order valence-electron chi connectivity index (χ4n) is 4.09. The standard InChI is InChI=1S/C23H23N5O2S/c1-15-12-27(13-16(2)29-15)14-28-23(31)30-22(26-28)18-11-21(20-9-5-6-10-24-20)25-19-8-4-3-7-17(18)19/h3-11,15-16H,12-14H2,1-2H3. The maximum Gasteiger partial charge on any atom is 0.288 e. The first-order valence-corrected chi connectivity index (χ1v) is 10.7. The van der Waals surface area contributed by atoms with Gasteiger partial charge in [-0.3, -0.25) is 9.88 Å². The van der Waals surface area contributed by atoms with Crippen molar-refractivity contribution in [2.75, 3.05) is 13.1 Å². The second kappa shape index (κ2) is 8.30. The predicted octanol–water partition coefficient (Wildman–Crippen LogP) is 4.55. The maximum absolute atomic E-state index is 5.96. The van der Waals surface area contributed by atoms with E-state index in [0.29, 0.717) is 17.4 Å². The highest BCUT2D eigenvalue weighted by molar-refractivity contribution is 7.71. The molecule has 1 fully saturated rings. The zero-order valence-corrected chi connectivity index (χ0v) is 18.2. The molecule has 31 heavy (non-hydrogen) atoms. The van der Waals surface area contributed by atoms with Gasteiger partial charge in [0.15, 0.2) is 0 Å². The Balaban J connectivity index is 1.55. The first-order chi connectivity index (χ1) is 15.1. The first kappa shape index (κ1) is 20.0. The lowest BCUT2D eigenvalue weighted by Gasteiger charge is -2.34. The highest BCUT2D eigenvalue weighted by Crippen LogP contribution is 2.31. The van der Waals surface area contributed by atoms with E-state index in [4.69, 9.17) is 31.5 Å². The summed E-state index contributed by atoms with van der Waals surface area (Å²) in [6.07, 6.45) is 2.11. The zero-order valence-electron chi connectivity index (χ0n) is 17.4. The molecule has 5 rings (SSSR count). The summed E-state index contributed by atoms with van der Waals surface area (Å²) in [6, 6.07) is 15.7. The van der Waals surface area contributed by atoms with Gasteiger partial charge in [-0.2, -0.15) is 0 Å². The van der Waals surface area contributed by atoms with Gasteiger partial charge in [-0.1, -0.05) is 24.3 Å². The van der Waals surface area contributed by atoms with Crippen LogP contribution in [0.1, 0.15) is 13.8 Å². The zero-order chi connectivity index (χ0) is 21.4. The molecule has 2 unspecified atom stereocenters. The molecule has 1 saturated heterocycles. The van der Waals surface area contributed by atoms with E-state index in [-0.39, 0.29) is 12.2 Å². The number of fused-ring (bicyclic) bond motifs is 1. The monoisotopic (exact) mass is 433 g/mol. The van der Waals surface area contributed by atoms with Gasteiger partial charge in [0.1, 0.15) is 0 Å². The van der Waals surface area contributed by atoms with Crippen LogP contribution >= 0.6 is 12.2 Å². The fraction of sp³-hybridized carbons (Fsp3) is 0.304. The molecule has 0 saturated carbocycles. The van der Waals surface area contributed by atoms with Crippen molar-refractivity contribution >= 4 is 23.1 Å². The molecule has 0 spiro atoms. The summed E-state index contributed by atoms with van der Waals surface area (Å²) >= 11 is 5.50. The minimum absolute atomic E-state index is 0.175. The normalized spacial score (nSPS) is 19.7. The third-order valence-corrected chi connectivity index (χ3v) is 5.60. The van der Waals surface area contributed by atoms with E-state index >= 15 is 0 Å². The van der Waals surface area contributed by atoms with Crippen LogP contribution in [0.3, 0.4) is 0 Å². The molecule has 7 nitrogen and oxygen atoms in total. The Morgan fingerprint density at radius 3 is 2.58 bits per heavy atom. The molecule has 1 aliphatic heterocycles. The summed E-state index contributed by atoms with van der Waals surface area (Å²) in [5.41, 5.74) is 3.26. The Morgan fingerprint density at radius 2 is 1.81 bits per heavy atom. The van der Waals surface area contributed by atoms with E-state index in [1.807, 2.05) is 48.5 Å². The minimum atomic E-state index is 0.175. The van der Waals surface area contributed by atoms with Crippen LogP contribution in [0.15, 0.2) is 59.1 Å². The Bertz CT molecular complexity index is 1260. The van der Waals surface area contributed by atoms with E-state index in [1.54, 1.807) is 10.9 Å². The summed E-state index contributed by atoms with van der Waals surface area (Å²) in [5.74, 6) is 0.482. The molecule has 1 aliphatic rings. The summed E-state index contributed by atoms with van der Waals surface area (Å²) < 4.78 is 13.5. The van der Waals surface area contributed by atoms with E-state index in [1.165, 1.54) is 0 Å². The van der Waals surface area contributed by atoms with Crippen LogP contribution in [-0.4, -0.2) is 49.9 Å². The first-order valence-electron chi connectivity index (χ1n) is 10.3. The van der Waals surface area contributed by atoms with E-state index in [0.717, 1.165) is 40.9 Å². The lowest BCUT2D eigenvalue weighted by atomic mass is 10.1. The lowest BCUT2D eigenvalue weighted by Crippen LogP contribution is -2.46. The Labute approximate surface area is 185 Å². The summed E-state index contributed by atoms with van der Waals surface area (Å²) in [6.45, 7) is 6.39. The van der Waals surface area contributed by atoms with Crippen molar-refractivity contribution in [3.8, 4) is 22.8 Å². The molecule has 3 aromatic heterocycles. The van der Waals surface area contributed by atoms with Crippen molar-refractivity contribution in [2.45, 2.75) is 32.7 Å². The molecular weight excluding hydrogens is 410 g/mol. The van der Waals surface area contributed by atoms with Crippen LogP contribution in [0, 0.1) is 4.84 Å². The highest BCUT2D eigenvalue weighted by Gasteiger charge is 2.23. The highest BCUT2D eigenvalue weighted by atomic mass is 32.1. The summed E-state index contributed by atoms with van der Waals surface area (Å²) in [7, 11) is 0. The van der Waals surface area contributed by atoms with E-state index < -0.39 is 0 Å². The van der Waals surface area contributed by atoms with Crippen LogP contribution in [0.2, 0.25) is 0 Å². The molecule has 2 atom stereocenters. The molecule has 0 bridgehead atoms. The number of pyridine rings is 2. The van der Waals surface area contributed by atoms with Crippen molar-refractivity contribution in [2.24, 2.45) is 0 Å². The van der Waals surface area contributed by atoms with Crippen molar-refractivity contribution in [1.29, 1.82) is 0 Å². The number of ether oxygens (including phenoxy) is 1. The van der Waals surface area contributed by atoms with Gasteiger partial charge >= 0.3 is 0 Å². The van der Waals surface area contributed by atoms with Gasteiger partial charge in [0, 0.05) is 24.7 Å². The Hall–Kier alpha value is -2.94. The second-order valence-corrected chi connectivity index (χ2v) is 8.24. The number of hydrogen-bond donors (Lipinski definition) is 0. The van der Waals surface area contributed by atoms with Crippen molar-refractivity contribution in [3.05, 3.63) is 59.6 Å². The quantitative estimate of drug-likeness (QED) is 0.437. The average Bonchev–Trinajstić information content (AvgIpc) is 3.13. The minimum Gasteiger partial charge on any atom is -0.409 e. The SMILES string of the molecule is CC1CN(Cn2nc(-c3cc(-c4ccccn4)nc4ccccc34)oc2=S)CC(C)O1. The molecule has 0 N–H and O–H groups in total. The average molecular weight is 434 g/mol. The van der Waals surface area contributed by atoms with Crippen molar-refractivity contribution in [3.63, 3.8) is 0 Å². The smallest absolute Gasteiger partial charge is 0.288 e. The number of aromatic nitrogens is 4. The molecule has 4 aromatic rings. The predicted molar refractivity (Wildman–Crippen MR) is 121 cm³/mol. The molecule has 8 heteroatoms. The van der Waals surface area contributed by atoms with Gasteiger partial charge in [-0.15, -0.1) is 5.10 Å². The molecule has 0 aliphatic carbocycles. The lowest BCUT2D eigenvalue weighted by molar-refractivity contribution is -0.0778. The number of rotatable bonds is 4. The van der Waals surface area contributed by atoms with Gasteiger partial charge in [0.2, 0.25) is 5.89 Å². The van der Waals surface area contributed by atoms with Crippen LogP contribution in [0.25, 0.3) is 33.7 Å². The van der Waals surface area contributed by atoms with Gasteiger partial charge in [0.25, 0.3) is 4.84 Å². The molecule has 158 valence electrons. The van der Waals surface area contributed by atoms with Crippen LogP contribution < -0.4 is 0 Å². The number of morpholine rings is 1. The number of nitrogens with zero attached hydrogens (tertiary/aromatic N) is 5. The van der Waals surface area contributed by atoms with Gasteiger partial charge in [-0.05, 0) is 50.3 Å². The second-order valence-electron chi connectivity index (χ2n) is 7.89. The third-order valence-electron chi connectivity index (χ3n) is 5.31. The van der Waals surface area contributed by atoms with Gasteiger partial charge in [0.05, 0.1) is 41.3 Å². The number of benzene rings is 1. The largest absolute Gasteiger partial charge is 0.409 e. The topological polar surface area (TPSA) is 69.2 Å². The number of para-hydroxylation sites is 1. The van der Waals surface area contributed by atoms with Crippen LogP contribution in [0.5, 0.6) is 0 Å². The summed E-state index contributed by atoms with van der Waals surface area (Å²) in [5, 5.41) is 5.68. The van der Waals surface area contributed by atoms with Crippen molar-refractivity contribution in [1.82, 2.24) is 24.6 Å². The third kappa shape index (κ3) is 4.14. The molecular formula is C23H23N5O2S. The molecule has 4 heterocycles.